The van der Waals surface area contributed by atoms with Crippen LogP contribution in [0, 0.1) is 6.92 Å². The van der Waals surface area contributed by atoms with E-state index in [0.717, 1.165) is 30.6 Å². The van der Waals surface area contributed by atoms with Crippen LogP contribution in [0.3, 0.4) is 0 Å². The first-order valence-electron chi connectivity index (χ1n) is 9.80. The summed E-state index contributed by atoms with van der Waals surface area (Å²) in [5.74, 6) is -0.00980. The number of aryl methyl sites for hydroxylation is 1. The van der Waals surface area contributed by atoms with E-state index >= 15 is 0 Å². The highest BCUT2D eigenvalue weighted by molar-refractivity contribution is 7.92. The quantitative estimate of drug-likeness (QED) is 0.797. The lowest BCUT2D eigenvalue weighted by molar-refractivity contribution is -0.122. The molecule has 2 aromatic rings. The summed E-state index contributed by atoms with van der Waals surface area (Å²) in [6.07, 6.45) is 0.175. The van der Waals surface area contributed by atoms with Crippen LogP contribution in [0.1, 0.15) is 5.56 Å². The fraction of sp³-hybridized carbons (Fsp3) is 0.381. The van der Waals surface area contributed by atoms with Crippen molar-refractivity contribution in [3.63, 3.8) is 0 Å². The molecule has 4 rings (SSSR count). The predicted molar refractivity (Wildman–Crippen MR) is 116 cm³/mol. The van der Waals surface area contributed by atoms with E-state index in [9.17, 15) is 13.2 Å². The molecular formula is C21H25N3O5S. The minimum atomic E-state index is -3.55. The van der Waals surface area contributed by atoms with Crippen molar-refractivity contribution in [3.8, 4) is 5.75 Å². The third-order valence-corrected chi connectivity index (χ3v) is 6.34. The fourth-order valence-corrected chi connectivity index (χ4v) is 4.53. The molecule has 1 fully saturated rings. The molecule has 2 aliphatic rings. The number of rotatable bonds is 4. The lowest BCUT2D eigenvalue weighted by Crippen LogP contribution is -2.48. The number of benzene rings is 2. The molecular weight excluding hydrogens is 406 g/mol. The number of carbonyl (C=O) groups is 1. The summed E-state index contributed by atoms with van der Waals surface area (Å²) < 4.78 is 37.0. The molecule has 2 aromatic carbocycles. The van der Waals surface area contributed by atoms with Crippen LogP contribution in [-0.4, -0.2) is 59.5 Å². The number of amides is 1. The van der Waals surface area contributed by atoms with Gasteiger partial charge in [0.15, 0.2) is 6.10 Å². The molecule has 0 aromatic heterocycles. The molecule has 8 nitrogen and oxygen atoms in total. The Kier molecular flexibility index (Phi) is 5.57. The third kappa shape index (κ3) is 4.36. The Morgan fingerprint density at radius 3 is 2.47 bits per heavy atom. The number of nitrogens with one attached hydrogen (secondary N) is 1. The molecule has 9 heteroatoms. The van der Waals surface area contributed by atoms with Crippen molar-refractivity contribution in [1.29, 1.82) is 0 Å². The minimum absolute atomic E-state index is 0.0768. The number of nitrogens with zero attached hydrogens (tertiary/aromatic N) is 2. The topological polar surface area (TPSA) is 88.2 Å². The number of anilines is 3. The largest absolute Gasteiger partial charge is 0.476 e. The van der Waals surface area contributed by atoms with Gasteiger partial charge in [-0.1, -0.05) is 6.07 Å². The maximum Gasteiger partial charge on any atom is 0.267 e. The van der Waals surface area contributed by atoms with Crippen LogP contribution in [0.4, 0.5) is 17.1 Å². The van der Waals surface area contributed by atoms with Gasteiger partial charge in [-0.25, -0.2) is 8.42 Å². The zero-order valence-corrected chi connectivity index (χ0v) is 17.8. The Morgan fingerprint density at radius 1 is 1.10 bits per heavy atom. The van der Waals surface area contributed by atoms with E-state index in [2.05, 4.69) is 10.2 Å². The number of hydrogen-bond donors (Lipinski definition) is 1. The zero-order chi connectivity index (χ0) is 21.3. The second-order valence-electron chi connectivity index (χ2n) is 7.51. The molecule has 0 saturated carbocycles. The van der Waals surface area contributed by atoms with Crippen LogP contribution in [-0.2, 0) is 19.6 Å². The van der Waals surface area contributed by atoms with E-state index < -0.39 is 22.0 Å². The van der Waals surface area contributed by atoms with Crippen molar-refractivity contribution >= 4 is 33.0 Å². The van der Waals surface area contributed by atoms with Crippen LogP contribution >= 0.6 is 0 Å². The van der Waals surface area contributed by atoms with E-state index in [4.69, 9.17) is 9.47 Å². The Bertz CT molecular complexity index is 1030. The van der Waals surface area contributed by atoms with E-state index in [1.54, 1.807) is 12.1 Å². The Labute approximate surface area is 176 Å². The second kappa shape index (κ2) is 8.16. The number of hydrogen-bond acceptors (Lipinski definition) is 6. The van der Waals surface area contributed by atoms with Gasteiger partial charge in [-0.2, -0.15) is 0 Å². The molecule has 1 N–H and O–H groups in total. The minimum Gasteiger partial charge on any atom is -0.476 e. The summed E-state index contributed by atoms with van der Waals surface area (Å²) in [6.45, 7) is 4.88. The summed E-state index contributed by atoms with van der Waals surface area (Å²) in [5.41, 5.74) is 3.06. The standard InChI is InChI=1S/C21H25N3O5S/c1-15-3-8-18-19(13-15)29-20(14-24(18)30(2,26)27)21(25)22-16-4-6-17(7-5-16)23-9-11-28-12-10-23/h3-8,13,20H,9-12,14H2,1-2H3,(H,22,25)/t20-/m1/s1. The van der Waals surface area contributed by atoms with Gasteiger partial charge >= 0.3 is 0 Å². The molecule has 0 unspecified atom stereocenters. The van der Waals surface area contributed by atoms with Gasteiger partial charge in [-0.15, -0.1) is 0 Å². The van der Waals surface area contributed by atoms with Gasteiger partial charge in [0.2, 0.25) is 10.0 Å². The molecule has 0 radical (unpaired) electrons. The number of carbonyl (C=O) groups excluding carboxylic acids is 1. The van der Waals surface area contributed by atoms with E-state index in [-0.39, 0.29) is 6.54 Å². The Balaban J connectivity index is 1.49. The summed E-state index contributed by atoms with van der Waals surface area (Å²) in [7, 11) is -3.55. The van der Waals surface area contributed by atoms with Gasteiger partial charge in [0.05, 0.1) is 31.7 Å². The molecule has 1 atom stereocenters. The molecule has 2 heterocycles. The van der Waals surface area contributed by atoms with Crippen LogP contribution in [0.15, 0.2) is 42.5 Å². The fourth-order valence-electron chi connectivity index (χ4n) is 3.61. The van der Waals surface area contributed by atoms with Crippen molar-refractivity contribution in [2.45, 2.75) is 13.0 Å². The predicted octanol–water partition coefficient (Wildman–Crippen LogP) is 2.00. The third-order valence-electron chi connectivity index (χ3n) is 5.19. The Hall–Kier alpha value is -2.78. The average Bonchev–Trinajstić information content (AvgIpc) is 2.73. The van der Waals surface area contributed by atoms with Crippen molar-refractivity contribution in [2.24, 2.45) is 0 Å². The van der Waals surface area contributed by atoms with Crippen LogP contribution in [0.2, 0.25) is 0 Å². The summed E-state index contributed by atoms with van der Waals surface area (Å²) in [4.78, 5) is 15.1. The highest BCUT2D eigenvalue weighted by Gasteiger charge is 2.35. The molecule has 30 heavy (non-hydrogen) atoms. The Morgan fingerprint density at radius 2 is 1.80 bits per heavy atom. The van der Waals surface area contributed by atoms with Gasteiger partial charge in [0.1, 0.15) is 5.75 Å². The van der Waals surface area contributed by atoms with Crippen LogP contribution in [0.5, 0.6) is 5.75 Å². The number of ether oxygens (including phenoxy) is 2. The van der Waals surface area contributed by atoms with Crippen molar-refractivity contribution in [2.75, 3.05) is 53.6 Å². The summed E-state index contributed by atoms with van der Waals surface area (Å²) in [6, 6.07) is 12.8. The first kappa shape index (κ1) is 20.5. The molecule has 2 aliphatic heterocycles. The van der Waals surface area contributed by atoms with Gasteiger partial charge in [-0.05, 0) is 48.9 Å². The molecule has 1 amide bonds. The van der Waals surface area contributed by atoms with Crippen molar-refractivity contribution < 1.29 is 22.7 Å². The van der Waals surface area contributed by atoms with E-state index in [0.29, 0.717) is 30.3 Å². The molecule has 0 bridgehead atoms. The van der Waals surface area contributed by atoms with Gasteiger partial charge in [-0.3, -0.25) is 9.10 Å². The molecule has 160 valence electrons. The highest BCUT2D eigenvalue weighted by Crippen LogP contribution is 2.36. The van der Waals surface area contributed by atoms with Gasteiger partial charge in [0, 0.05) is 24.5 Å². The lowest BCUT2D eigenvalue weighted by atomic mass is 10.1. The maximum atomic E-state index is 12.8. The lowest BCUT2D eigenvalue weighted by Gasteiger charge is -2.34. The first-order valence-corrected chi connectivity index (χ1v) is 11.6. The highest BCUT2D eigenvalue weighted by atomic mass is 32.2. The number of sulfonamides is 1. The number of fused-ring (bicyclic) bond motifs is 1. The SMILES string of the molecule is Cc1ccc2c(c1)O[C@@H](C(=O)Nc1ccc(N3CCOCC3)cc1)CN2S(C)(=O)=O. The number of morpholine rings is 1. The average molecular weight is 432 g/mol. The molecule has 0 spiro atoms. The molecule has 0 aliphatic carbocycles. The maximum absolute atomic E-state index is 12.8. The second-order valence-corrected chi connectivity index (χ2v) is 9.41. The van der Waals surface area contributed by atoms with Crippen LogP contribution in [0.25, 0.3) is 0 Å². The van der Waals surface area contributed by atoms with Gasteiger partial charge in [0.25, 0.3) is 5.91 Å². The first-order chi connectivity index (χ1) is 14.3. The van der Waals surface area contributed by atoms with E-state index in [1.807, 2.05) is 37.3 Å². The van der Waals surface area contributed by atoms with Crippen LogP contribution < -0.4 is 19.3 Å². The zero-order valence-electron chi connectivity index (χ0n) is 17.0. The molecule has 1 saturated heterocycles. The van der Waals surface area contributed by atoms with Crippen molar-refractivity contribution in [3.05, 3.63) is 48.0 Å². The summed E-state index contributed by atoms with van der Waals surface area (Å²) in [5, 5.41) is 2.83. The van der Waals surface area contributed by atoms with Gasteiger partial charge < -0.3 is 19.7 Å². The monoisotopic (exact) mass is 431 g/mol. The van der Waals surface area contributed by atoms with Crippen molar-refractivity contribution in [1.82, 2.24) is 0 Å². The van der Waals surface area contributed by atoms with E-state index in [1.165, 1.54) is 4.31 Å². The summed E-state index contributed by atoms with van der Waals surface area (Å²) >= 11 is 0. The normalized spacial score (nSPS) is 19.1. The smallest absolute Gasteiger partial charge is 0.267 e.